The quantitative estimate of drug-likeness (QED) is 0.773. The number of anilines is 1. The lowest BCUT2D eigenvalue weighted by atomic mass is 10.1. The summed E-state index contributed by atoms with van der Waals surface area (Å²) in [6.07, 6.45) is 5.54. The van der Waals surface area contributed by atoms with Crippen LogP contribution in [0.3, 0.4) is 0 Å². The molecule has 0 aliphatic carbocycles. The molecule has 24 heavy (non-hydrogen) atoms. The highest BCUT2D eigenvalue weighted by Crippen LogP contribution is 2.43. The van der Waals surface area contributed by atoms with Crippen LogP contribution in [0.25, 0.3) is 5.82 Å². The molecule has 0 saturated carbocycles. The van der Waals surface area contributed by atoms with Crippen LogP contribution in [0.1, 0.15) is 22.1 Å². The first kappa shape index (κ1) is 14.9. The standard InChI is InChI=1S/C16H16N6OS/c1-10-14-15(11-7-18-21(2)8-11)24-9-13(23)19-16(14)22(20-10)12-5-3-4-6-17-12/h3-8,15H,9H2,1-2H3,(H,19,23)/t15-/m1/s1. The number of hydrogen-bond acceptors (Lipinski definition) is 5. The van der Waals surface area contributed by atoms with Crippen molar-refractivity contribution in [2.45, 2.75) is 12.2 Å². The molecule has 7 nitrogen and oxygen atoms in total. The monoisotopic (exact) mass is 340 g/mol. The Bertz CT molecular complexity index is 901. The highest BCUT2D eigenvalue weighted by atomic mass is 32.2. The number of aryl methyl sites for hydroxylation is 2. The molecule has 0 bridgehead atoms. The van der Waals surface area contributed by atoms with Gasteiger partial charge in [0.1, 0.15) is 5.82 Å². The van der Waals surface area contributed by atoms with Crippen LogP contribution < -0.4 is 5.32 Å². The third-order valence-corrected chi connectivity index (χ3v) is 5.17. The van der Waals surface area contributed by atoms with Gasteiger partial charge in [0.25, 0.3) is 0 Å². The van der Waals surface area contributed by atoms with E-state index in [-0.39, 0.29) is 11.2 Å². The molecule has 3 aromatic heterocycles. The molecule has 1 amide bonds. The average molecular weight is 340 g/mol. The highest BCUT2D eigenvalue weighted by molar-refractivity contribution is 8.00. The van der Waals surface area contributed by atoms with Crippen molar-refractivity contribution in [1.29, 1.82) is 0 Å². The Morgan fingerprint density at radius 1 is 1.38 bits per heavy atom. The Balaban J connectivity index is 1.90. The van der Waals surface area contributed by atoms with Gasteiger partial charge in [0.05, 0.1) is 22.9 Å². The van der Waals surface area contributed by atoms with Gasteiger partial charge in [-0.3, -0.25) is 9.48 Å². The second kappa shape index (κ2) is 5.79. The van der Waals surface area contributed by atoms with Gasteiger partial charge >= 0.3 is 0 Å². The molecule has 3 aromatic rings. The normalized spacial score (nSPS) is 17.2. The number of amides is 1. The van der Waals surface area contributed by atoms with Crippen molar-refractivity contribution in [3.8, 4) is 5.82 Å². The Morgan fingerprint density at radius 2 is 2.25 bits per heavy atom. The van der Waals surface area contributed by atoms with E-state index in [0.29, 0.717) is 17.4 Å². The topological polar surface area (TPSA) is 77.6 Å². The first-order valence-corrected chi connectivity index (χ1v) is 8.59. The van der Waals surface area contributed by atoms with E-state index in [1.54, 1.807) is 27.3 Å². The predicted molar refractivity (Wildman–Crippen MR) is 92.2 cm³/mol. The van der Waals surface area contributed by atoms with E-state index in [2.05, 4.69) is 20.5 Å². The van der Waals surface area contributed by atoms with Gasteiger partial charge in [0, 0.05) is 30.6 Å². The molecule has 1 atom stereocenters. The number of pyridine rings is 1. The summed E-state index contributed by atoms with van der Waals surface area (Å²) in [7, 11) is 1.89. The first-order chi connectivity index (χ1) is 11.6. The summed E-state index contributed by atoms with van der Waals surface area (Å²) in [5.74, 6) is 1.72. The molecule has 0 spiro atoms. The number of nitrogens with zero attached hydrogens (tertiary/aromatic N) is 5. The molecule has 8 heteroatoms. The van der Waals surface area contributed by atoms with Gasteiger partial charge in [-0.1, -0.05) is 6.07 Å². The zero-order valence-corrected chi connectivity index (χ0v) is 14.1. The smallest absolute Gasteiger partial charge is 0.235 e. The van der Waals surface area contributed by atoms with Crippen LogP contribution in [0.4, 0.5) is 5.82 Å². The lowest BCUT2D eigenvalue weighted by molar-refractivity contribution is -0.113. The largest absolute Gasteiger partial charge is 0.310 e. The van der Waals surface area contributed by atoms with Crippen LogP contribution in [-0.2, 0) is 11.8 Å². The zero-order valence-electron chi connectivity index (χ0n) is 13.3. The summed E-state index contributed by atoms with van der Waals surface area (Å²) in [6.45, 7) is 1.96. The molecule has 4 heterocycles. The van der Waals surface area contributed by atoms with E-state index in [0.717, 1.165) is 16.8 Å². The van der Waals surface area contributed by atoms with Crippen LogP contribution >= 0.6 is 11.8 Å². The molecule has 0 radical (unpaired) electrons. The van der Waals surface area contributed by atoms with Crippen molar-refractivity contribution in [1.82, 2.24) is 24.5 Å². The molecule has 1 N–H and O–H groups in total. The SMILES string of the molecule is Cc1nn(-c2ccccn2)c2c1[C@@H](c1cnn(C)c1)SCC(=O)N2. The van der Waals surface area contributed by atoms with Crippen LogP contribution in [0, 0.1) is 6.92 Å². The fourth-order valence-corrected chi connectivity index (χ4v) is 4.02. The number of rotatable bonds is 2. The average Bonchev–Trinajstić information content (AvgIpc) is 3.08. The third kappa shape index (κ3) is 2.48. The molecule has 4 rings (SSSR count). The molecule has 0 fully saturated rings. The second-order valence-electron chi connectivity index (χ2n) is 5.63. The van der Waals surface area contributed by atoms with Gasteiger partial charge in [0.2, 0.25) is 5.91 Å². The van der Waals surface area contributed by atoms with E-state index in [1.807, 2.05) is 44.6 Å². The van der Waals surface area contributed by atoms with Crippen LogP contribution in [-0.4, -0.2) is 36.2 Å². The number of carbonyl (C=O) groups excluding carboxylic acids is 1. The van der Waals surface area contributed by atoms with Crippen molar-refractivity contribution >= 4 is 23.5 Å². The number of fused-ring (bicyclic) bond motifs is 1. The summed E-state index contributed by atoms with van der Waals surface area (Å²) in [6, 6.07) is 5.62. The molecule has 122 valence electrons. The van der Waals surface area contributed by atoms with Crippen molar-refractivity contribution in [3.05, 3.63) is 53.6 Å². The van der Waals surface area contributed by atoms with Crippen molar-refractivity contribution in [2.75, 3.05) is 11.1 Å². The number of aromatic nitrogens is 5. The van der Waals surface area contributed by atoms with Crippen molar-refractivity contribution < 1.29 is 4.79 Å². The van der Waals surface area contributed by atoms with Crippen LogP contribution in [0.15, 0.2) is 36.8 Å². The summed E-state index contributed by atoms with van der Waals surface area (Å²) in [5.41, 5.74) is 2.94. The maximum absolute atomic E-state index is 12.2. The summed E-state index contributed by atoms with van der Waals surface area (Å²) in [4.78, 5) is 16.6. The minimum atomic E-state index is -0.0373. The molecular formula is C16H16N6OS. The Kier molecular flexibility index (Phi) is 3.61. The second-order valence-corrected chi connectivity index (χ2v) is 6.73. The highest BCUT2D eigenvalue weighted by Gasteiger charge is 2.31. The van der Waals surface area contributed by atoms with Gasteiger partial charge in [-0.25, -0.2) is 4.98 Å². The van der Waals surface area contributed by atoms with Crippen LogP contribution in [0.5, 0.6) is 0 Å². The van der Waals surface area contributed by atoms with E-state index in [1.165, 1.54) is 0 Å². The van der Waals surface area contributed by atoms with Gasteiger partial charge in [-0.15, -0.1) is 11.8 Å². The first-order valence-electron chi connectivity index (χ1n) is 7.54. The lowest BCUT2D eigenvalue weighted by Crippen LogP contribution is -2.16. The summed E-state index contributed by atoms with van der Waals surface area (Å²) < 4.78 is 3.48. The Morgan fingerprint density at radius 3 is 2.96 bits per heavy atom. The molecule has 0 aromatic carbocycles. The minimum absolute atomic E-state index is 0.00473. The van der Waals surface area contributed by atoms with Gasteiger partial charge in [-0.2, -0.15) is 14.9 Å². The van der Waals surface area contributed by atoms with E-state index in [9.17, 15) is 4.79 Å². The van der Waals surface area contributed by atoms with Gasteiger partial charge in [-0.05, 0) is 19.1 Å². The number of hydrogen-bond donors (Lipinski definition) is 1. The van der Waals surface area contributed by atoms with E-state index in [4.69, 9.17) is 0 Å². The van der Waals surface area contributed by atoms with Gasteiger partial charge < -0.3 is 5.32 Å². The molecule has 1 aliphatic rings. The number of nitrogens with one attached hydrogen (secondary N) is 1. The van der Waals surface area contributed by atoms with E-state index < -0.39 is 0 Å². The molecule has 0 unspecified atom stereocenters. The predicted octanol–water partition coefficient (Wildman–Crippen LogP) is 2.08. The molecular weight excluding hydrogens is 324 g/mol. The fourth-order valence-electron chi connectivity index (χ4n) is 2.87. The Hall–Kier alpha value is -2.61. The van der Waals surface area contributed by atoms with Crippen molar-refractivity contribution in [3.63, 3.8) is 0 Å². The summed E-state index contributed by atoms with van der Waals surface area (Å²) in [5, 5.41) is 11.9. The molecule has 0 saturated heterocycles. The van der Waals surface area contributed by atoms with E-state index >= 15 is 0 Å². The summed E-state index contributed by atoms with van der Waals surface area (Å²) >= 11 is 1.58. The maximum Gasteiger partial charge on any atom is 0.235 e. The number of thioether (sulfide) groups is 1. The Labute approximate surface area is 143 Å². The minimum Gasteiger partial charge on any atom is -0.310 e. The molecule has 1 aliphatic heterocycles. The lowest BCUT2D eigenvalue weighted by Gasteiger charge is -2.12. The zero-order chi connectivity index (χ0) is 16.7. The van der Waals surface area contributed by atoms with Crippen molar-refractivity contribution in [2.24, 2.45) is 7.05 Å². The van der Waals surface area contributed by atoms with Crippen LogP contribution in [0.2, 0.25) is 0 Å². The number of carbonyl (C=O) groups is 1. The maximum atomic E-state index is 12.2. The fraction of sp³-hybridized carbons (Fsp3) is 0.250. The van der Waals surface area contributed by atoms with Gasteiger partial charge in [0.15, 0.2) is 5.82 Å². The third-order valence-electron chi connectivity index (χ3n) is 3.90.